The zero-order valence-corrected chi connectivity index (χ0v) is 15.5. The highest BCUT2D eigenvalue weighted by Crippen LogP contribution is 2.25. The molecule has 1 amide bonds. The summed E-state index contributed by atoms with van der Waals surface area (Å²) >= 11 is 0. The van der Waals surface area contributed by atoms with Crippen molar-refractivity contribution in [3.8, 4) is 5.75 Å². The number of ether oxygens (including phenoxy) is 2. The summed E-state index contributed by atoms with van der Waals surface area (Å²) in [6.07, 6.45) is 1.59. The van der Waals surface area contributed by atoms with E-state index in [0.717, 1.165) is 27.7 Å². The molecular formula is C21H21NO5. The van der Waals surface area contributed by atoms with Crippen LogP contribution in [0.5, 0.6) is 5.75 Å². The van der Waals surface area contributed by atoms with Gasteiger partial charge in [0.05, 0.1) is 25.5 Å². The van der Waals surface area contributed by atoms with Gasteiger partial charge in [-0.1, -0.05) is 12.1 Å². The topological polar surface area (TPSA) is 77.8 Å². The molecule has 0 atom stereocenters. The van der Waals surface area contributed by atoms with Crippen LogP contribution in [0.2, 0.25) is 0 Å². The number of amides is 1. The first-order chi connectivity index (χ1) is 13.0. The maximum atomic E-state index is 12.1. The second kappa shape index (κ2) is 7.95. The van der Waals surface area contributed by atoms with Crippen molar-refractivity contribution < 1.29 is 23.5 Å². The second-order valence-electron chi connectivity index (χ2n) is 6.28. The van der Waals surface area contributed by atoms with Crippen LogP contribution in [0, 0.1) is 13.8 Å². The van der Waals surface area contributed by atoms with Gasteiger partial charge in [-0.15, -0.1) is 0 Å². The quantitative estimate of drug-likeness (QED) is 0.671. The fourth-order valence-corrected chi connectivity index (χ4v) is 2.76. The number of fused-ring (bicyclic) bond motifs is 1. The first kappa shape index (κ1) is 18.5. The molecule has 0 radical (unpaired) electrons. The largest absolute Gasteiger partial charge is 0.495 e. The van der Waals surface area contributed by atoms with E-state index in [-0.39, 0.29) is 13.0 Å². The van der Waals surface area contributed by atoms with Crippen molar-refractivity contribution in [2.45, 2.75) is 20.3 Å². The summed E-state index contributed by atoms with van der Waals surface area (Å²) < 4.78 is 15.8. The number of carbonyl (C=O) groups is 2. The molecule has 6 heteroatoms. The van der Waals surface area contributed by atoms with Crippen molar-refractivity contribution in [2.75, 3.05) is 19.0 Å². The number of rotatable bonds is 6. The van der Waals surface area contributed by atoms with E-state index in [0.29, 0.717) is 11.4 Å². The summed E-state index contributed by atoms with van der Waals surface area (Å²) in [6, 6.07) is 11.0. The number of carbonyl (C=O) groups excluding carboxylic acids is 2. The summed E-state index contributed by atoms with van der Waals surface area (Å²) in [5.74, 6) is -0.393. The van der Waals surface area contributed by atoms with E-state index in [9.17, 15) is 9.59 Å². The summed E-state index contributed by atoms with van der Waals surface area (Å²) in [7, 11) is 1.52. The monoisotopic (exact) mass is 367 g/mol. The molecule has 1 heterocycles. The number of esters is 1. The third-order valence-corrected chi connectivity index (χ3v) is 4.35. The molecule has 0 aliphatic carbocycles. The summed E-state index contributed by atoms with van der Waals surface area (Å²) in [4.78, 5) is 24.1. The Morgan fingerprint density at radius 3 is 2.63 bits per heavy atom. The molecule has 0 aliphatic heterocycles. The summed E-state index contributed by atoms with van der Waals surface area (Å²) in [5.41, 5.74) is 4.24. The Hall–Kier alpha value is -3.28. The molecule has 140 valence electrons. The van der Waals surface area contributed by atoms with Crippen molar-refractivity contribution in [1.82, 2.24) is 0 Å². The van der Waals surface area contributed by atoms with E-state index in [2.05, 4.69) is 5.32 Å². The lowest BCUT2D eigenvalue weighted by molar-refractivity contribution is -0.146. The zero-order chi connectivity index (χ0) is 19.4. The van der Waals surface area contributed by atoms with Gasteiger partial charge in [-0.25, -0.2) is 0 Å². The highest BCUT2D eigenvalue weighted by atomic mass is 16.5. The number of hydrogen-bond donors (Lipinski definition) is 1. The minimum absolute atomic E-state index is 0.0391. The Morgan fingerprint density at radius 2 is 1.85 bits per heavy atom. The molecule has 0 unspecified atom stereocenters. The van der Waals surface area contributed by atoms with Gasteiger partial charge in [-0.05, 0) is 49.2 Å². The molecule has 0 saturated heterocycles. The maximum Gasteiger partial charge on any atom is 0.310 e. The Balaban J connectivity index is 1.58. The van der Waals surface area contributed by atoms with Crippen LogP contribution in [-0.4, -0.2) is 25.6 Å². The Labute approximate surface area is 157 Å². The molecule has 0 spiro atoms. The van der Waals surface area contributed by atoms with Crippen molar-refractivity contribution in [3.05, 3.63) is 59.4 Å². The molecule has 3 aromatic rings. The second-order valence-corrected chi connectivity index (χ2v) is 6.28. The van der Waals surface area contributed by atoms with Gasteiger partial charge in [-0.2, -0.15) is 0 Å². The lowest BCUT2D eigenvalue weighted by Crippen LogP contribution is -2.21. The normalized spacial score (nSPS) is 10.6. The maximum absolute atomic E-state index is 12.1. The molecule has 6 nitrogen and oxygen atoms in total. The van der Waals surface area contributed by atoms with Crippen molar-refractivity contribution in [1.29, 1.82) is 0 Å². The van der Waals surface area contributed by atoms with Crippen LogP contribution in [-0.2, 0) is 20.7 Å². The molecule has 3 rings (SSSR count). The molecule has 2 aromatic carbocycles. The van der Waals surface area contributed by atoms with E-state index in [1.807, 2.05) is 26.0 Å². The van der Waals surface area contributed by atoms with Crippen LogP contribution in [0.1, 0.15) is 16.7 Å². The summed E-state index contributed by atoms with van der Waals surface area (Å²) in [5, 5.41) is 3.54. The zero-order valence-electron chi connectivity index (χ0n) is 15.5. The highest BCUT2D eigenvalue weighted by Gasteiger charge is 2.14. The number of furan rings is 1. The lowest BCUT2D eigenvalue weighted by Gasteiger charge is -2.10. The lowest BCUT2D eigenvalue weighted by atomic mass is 10.0. The Kier molecular flexibility index (Phi) is 5.45. The molecule has 27 heavy (non-hydrogen) atoms. The minimum atomic E-state index is -0.494. The van der Waals surface area contributed by atoms with E-state index in [4.69, 9.17) is 13.9 Å². The molecule has 0 bridgehead atoms. The first-order valence-electron chi connectivity index (χ1n) is 8.53. The number of benzene rings is 2. The van der Waals surface area contributed by atoms with Crippen LogP contribution in [0.4, 0.5) is 5.69 Å². The molecule has 1 N–H and O–H groups in total. The third kappa shape index (κ3) is 4.28. The van der Waals surface area contributed by atoms with Crippen molar-refractivity contribution >= 4 is 28.5 Å². The molecule has 0 fully saturated rings. The van der Waals surface area contributed by atoms with Gasteiger partial charge in [-0.3, -0.25) is 9.59 Å². The van der Waals surface area contributed by atoms with E-state index < -0.39 is 11.9 Å². The van der Waals surface area contributed by atoms with E-state index in [1.54, 1.807) is 30.5 Å². The summed E-state index contributed by atoms with van der Waals surface area (Å²) in [6.45, 7) is 3.64. The number of methoxy groups -OCH3 is 1. The van der Waals surface area contributed by atoms with Crippen molar-refractivity contribution in [2.24, 2.45) is 0 Å². The molecule has 1 aromatic heterocycles. The fourth-order valence-electron chi connectivity index (χ4n) is 2.76. The number of hydrogen-bond acceptors (Lipinski definition) is 5. The first-order valence-corrected chi connectivity index (χ1v) is 8.53. The average molecular weight is 367 g/mol. The standard InChI is InChI=1S/C21H21NO5/c1-13-8-16-15(11-26-19(16)9-14(13)2)10-21(24)27-12-20(23)22-17-6-4-5-7-18(17)25-3/h4-9,11H,10,12H2,1-3H3,(H,22,23). The minimum Gasteiger partial charge on any atom is -0.495 e. The molecule has 0 aliphatic rings. The van der Waals surface area contributed by atoms with Gasteiger partial charge >= 0.3 is 5.97 Å². The van der Waals surface area contributed by atoms with Crippen LogP contribution < -0.4 is 10.1 Å². The van der Waals surface area contributed by atoms with E-state index in [1.165, 1.54) is 7.11 Å². The number of para-hydroxylation sites is 2. The number of anilines is 1. The average Bonchev–Trinajstić information content (AvgIpc) is 3.02. The predicted octanol–water partition coefficient (Wildman–Crippen LogP) is 3.78. The predicted molar refractivity (Wildman–Crippen MR) is 102 cm³/mol. The number of aryl methyl sites for hydroxylation is 2. The van der Waals surface area contributed by atoms with Crippen molar-refractivity contribution in [3.63, 3.8) is 0 Å². The Morgan fingerprint density at radius 1 is 1.11 bits per heavy atom. The van der Waals surface area contributed by atoms with Gasteiger partial charge in [0.2, 0.25) is 0 Å². The SMILES string of the molecule is COc1ccccc1NC(=O)COC(=O)Cc1coc2cc(C)c(C)cc12. The van der Waals surface area contributed by atoms with Gasteiger partial charge in [0.15, 0.2) is 6.61 Å². The van der Waals surface area contributed by atoms with Gasteiger partial charge in [0, 0.05) is 10.9 Å². The molecular weight excluding hydrogens is 346 g/mol. The van der Waals surface area contributed by atoms with Crippen LogP contribution in [0.15, 0.2) is 47.1 Å². The van der Waals surface area contributed by atoms with Crippen LogP contribution >= 0.6 is 0 Å². The number of nitrogens with one attached hydrogen (secondary N) is 1. The van der Waals surface area contributed by atoms with Gasteiger partial charge in [0.1, 0.15) is 11.3 Å². The molecule has 0 saturated carbocycles. The van der Waals surface area contributed by atoms with E-state index >= 15 is 0 Å². The third-order valence-electron chi connectivity index (χ3n) is 4.35. The highest BCUT2D eigenvalue weighted by molar-refractivity contribution is 5.94. The smallest absolute Gasteiger partial charge is 0.310 e. The van der Waals surface area contributed by atoms with Crippen LogP contribution in [0.25, 0.3) is 11.0 Å². The van der Waals surface area contributed by atoms with Crippen LogP contribution in [0.3, 0.4) is 0 Å². The van der Waals surface area contributed by atoms with Gasteiger partial charge < -0.3 is 19.2 Å². The Bertz CT molecular complexity index is 989. The van der Waals surface area contributed by atoms with Gasteiger partial charge in [0.25, 0.3) is 5.91 Å². The fraction of sp³-hybridized carbons (Fsp3) is 0.238.